The fraction of sp³-hybridized carbons (Fsp3) is 0. The average molecular weight is 209 g/mol. The Morgan fingerprint density at radius 3 is 2.33 bits per heavy atom. The Morgan fingerprint density at radius 2 is 2.00 bits per heavy atom. The average Bonchev–Trinajstić information content (AvgIpc) is 1.88. The molecule has 4 nitrogen and oxygen atoms in total. The molecule has 1 heterocycles. The maximum Gasteiger partial charge on any atom is 0.143 e. The van der Waals surface area contributed by atoms with Gasteiger partial charge in [-0.15, -0.1) is 24.8 Å². The van der Waals surface area contributed by atoms with Gasteiger partial charge in [-0.25, -0.2) is 0 Å². The third-order valence-corrected chi connectivity index (χ3v) is 1.09. The van der Waals surface area contributed by atoms with Gasteiger partial charge in [-0.3, -0.25) is 10.4 Å². The molecule has 0 saturated heterocycles. The SMILES string of the molecule is Cl.Cl.N=C(N)c1ncccc1N. The Bertz CT molecular complexity index is 263. The van der Waals surface area contributed by atoms with Crippen molar-refractivity contribution in [2.75, 3.05) is 5.73 Å². The Kier molecular flexibility index (Phi) is 6.37. The number of aromatic nitrogens is 1. The number of hydrogen-bond donors (Lipinski definition) is 3. The van der Waals surface area contributed by atoms with Gasteiger partial charge in [0.15, 0.2) is 0 Å². The molecule has 6 heteroatoms. The first-order chi connectivity index (χ1) is 4.72. The Labute approximate surface area is 82.7 Å². The van der Waals surface area contributed by atoms with Crippen LogP contribution < -0.4 is 11.5 Å². The molecule has 0 aliphatic rings. The second-order valence-electron chi connectivity index (χ2n) is 1.85. The molecule has 1 aromatic heterocycles. The molecule has 0 amide bonds. The smallest absolute Gasteiger partial charge is 0.143 e. The summed E-state index contributed by atoms with van der Waals surface area (Å²) in [4.78, 5) is 3.80. The summed E-state index contributed by atoms with van der Waals surface area (Å²) >= 11 is 0. The highest BCUT2D eigenvalue weighted by molar-refractivity contribution is 5.97. The maximum atomic E-state index is 7.01. The summed E-state index contributed by atoms with van der Waals surface area (Å²) in [6.45, 7) is 0. The van der Waals surface area contributed by atoms with Gasteiger partial charge in [0.1, 0.15) is 11.5 Å². The van der Waals surface area contributed by atoms with E-state index in [1.807, 2.05) is 0 Å². The van der Waals surface area contributed by atoms with Crippen molar-refractivity contribution in [3.63, 3.8) is 0 Å². The molecule has 0 spiro atoms. The molecule has 0 bridgehead atoms. The van der Waals surface area contributed by atoms with Crippen molar-refractivity contribution in [2.45, 2.75) is 0 Å². The first-order valence-corrected chi connectivity index (χ1v) is 2.76. The molecule has 1 aromatic rings. The van der Waals surface area contributed by atoms with E-state index in [-0.39, 0.29) is 30.6 Å². The monoisotopic (exact) mass is 208 g/mol. The molecule has 0 aliphatic carbocycles. The van der Waals surface area contributed by atoms with Gasteiger partial charge < -0.3 is 11.5 Å². The third kappa shape index (κ3) is 2.94. The standard InChI is InChI=1S/C6H8N4.2ClH/c7-4-2-1-3-10-5(4)6(8)9;;/h1-3H,7H2,(H3,8,9);2*1H. The van der Waals surface area contributed by atoms with Crippen molar-refractivity contribution in [1.29, 1.82) is 5.41 Å². The normalized spacial score (nSPS) is 7.67. The molecule has 0 unspecified atom stereocenters. The predicted octanol–water partition coefficient (Wildman–Crippen LogP) is 0.791. The quantitative estimate of drug-likeness (QED) is 0.471. The largest absolute Gasteiger partial charge is 0.397 e. The number of halogens is 2. The molecular weight excluding hydrogens is 199 g/mol. The molecule has 0 aliphatic heterocycles. The number of amidine groups is 1. The zero-order chi connectivity index (χ0) is 7.56. The van der Waals surface area contributed by atoms with Crippen LogP contribution in [0.3, 0.4) is 0 Å². The van der Waals surface area contributed by atoms with Crippen molar-refractivity contribution in [2.24, 2.45) is 5.73 Å². The molecule has 5 N–H and O–H groups in total. The fourth-order valence-corrected chi connectivity index (χ4v) is 0.643. The zero-order valence-corrected chi connectivity index (χ0v) is 7.78. The van der Waals surface area contributed by atoms with Crippen molar-refractivity contribution >= 4 is 36.3 Å². The predicted molar refractivity (Wildman–Crippen MR) is 54.2 cm³/mol. The van der Waals surface area contributed by atoms with Crippen LogP contribution in [-0.2, 0) is 0 Å². The van der Waals surface area contributed by atoms with Crippen molar-refractivity contribution < 1.29 is 0 Å². The highest BCUT2D eigenvalue weighted by atomic mass is 35.5. The van der Waals surface area contributed by atoms with Crippen molar-refractivity contribution in [1.82, 2.24) is 4.98 Å². The minimum atomic E-state index is -0.0990. The van der Waals surface area contributed by atoms with Crippen LogP contribution in [0.5, 0.6) is 0 Å². The van der Waals surface area contributed by atoms with Gasteiger partial charge in [0, 0.05) is 6.20 Å². The van der Waals surface area contributed by atoms with E-state index < -0.39 is 0 Å². The first kappa shape index (κ1) is 13.6. The van der Waals surface area contributed by atoms with Crippen LogP contribution in [0.1, 0.15) is 5.69 Å². The number of nitrogens with zero attached hydrogens (tertiary/aromatic N) is 1. The lowest BCUT2D eigenvalue weighted by atomic mass is 10.3. The van der Waals surface area contributed by atoms with Crippen LogP contribution in [0, 0.1) is 5.41 Å². The van der Waals surface area contributed by atoms with Gasteiger partial charge in [0.25, 0.3) is 0 Å². The summed E-state index contributed by atoms with van der Waals surface area (Å²) in [5.74, 6) is -0.0990. The lowest BCUT2D eigenvalue weighted by Crippen LogP contribution is -2.15. The second kappa shape index (κ2) is 5.62. The topological polar surface area (TPSA) is 88.8 Å². The first-order valence-electron chi connectivity index (χ1n) is 2.76. The summed E-state index contributed by atoms with van der Waals surface area (Å²) in [5, 5.41) is 7.01. The molecule has 0 fully saturated rings. The third-order valence-electron chi connectivity index (χ3n) is 1.09. The van der Waals surface area contributed by atoms with Gasteiger partial charge in [0.05, 0.1) is 5.69 Å². The van der Waals surface area contributed by atoms with Crippen molar-refractivity contribution in [3.8, 4) is 0 Å². The summed E-state index contributed by atoms with van der Waals surface area (Å²) in [6.07, 6.45) is 1.55. The minimum absolute atomic E-state index is 0. The minimum Gasteiger partial charge on any atom is -0.397 e. The number of nitrogen functional groups attached to an aromatic ring is 2. The van der Waals surface area contributed by atoms with Crippen LogP contribution in [0.25, 0.3) is 0 Å². The van der Waals surface area contributed by atoms with Crippen LogP contribution >= 0.6 is 24.8 Å². The highest BCUT2D eigenvalue weighted by Crippen LogP contribution is 2.04. The van der Waals surface area contributed by atoms with E-state index >= 15 is 0 Å². The summed E-state index contributed by atoms with van der Waals surface area (Å²) in [7, 11) is 0. The molecule has 0 radical (unpaired) electrons. The van der Waals surface area contributed by atoms with Gasteiger partial charge in [0.2, 0.25) is 0 Å². The molecule has 0 aromatic carbocycles. The lowest BCUT2D eigenvalue weighted by Gasteiger charge is -1.98. The van der Waals surface area contributed by atoms with E-state index in [0.717, 1.165) is 0 Å². The van der Waals surface area contributed by atoms with E-state index in [2.05, 4.69) is 4.98 Å². The fourth-order valence-electron chi connectivity index (χ4n) is 0.643. The molecule has 1 rings (SSSR count). The summed E-state index contributed by atoms with van der Waals surface area (Å²) < 4.78 is 0. The van der Waals surface area contributed by atoms with Crippen molar-refractivity contribution in [3.05, 3.63) is 24.0 Å². The Balaban J connectivity index is 0. The van der Waals surface area contributed by atoms with E-state index in [1.54, 1.807) is 18.3 Å². The van der Waals surface area contributed by atoms with Crippen LogP contribution in [0.4, 0.5) is 5.69 Å². The number of nitrogens with two attached hydrogens (primary N) is 2. The second-order valence-corrected chi connectivity index (χ2v) is 1.85. The maximum absolute atomic E-state index is 7.01. The van der Waals surface area contributed by atoms with Crippen LogP contribution in [0.2, 0.25) is 0 Å². The van der Waals surface area contributed by atoms with Gasteiger partial charge in [-0.1, -0.05) is 0 Å². The number of hydrogen-bond acceptors (Lipinski definition) is 3. The van der Waals surface area contributed by atoms with E-state index in [4.69, 9.17) is 16.9 Å². The molecule has 68 valence electrons. The lowest BCUT2D eigenvalue weighted by molar-refractivity contribution is 1.26. The van der Waals surface area contributed by atoms with Crippen LogP contribution in [-0.4, -0.2) is 10.8 Å². The highest BCUT2D eigenvalue weighted by Gasteiger charge is 1.99. The molecule has 0 saturated carbocycles. The van der Waals surface area contributed by atoms with Gasteiger partial charge in [-0.2, -0.15) is 0 Å². The zero-order valence-electron chi connectivity index (χ0n) is 6.15. The summed E-state index contributed by atoms with van der Waals surface area (Å²) in [6, 6.07) is 3.35. The number of nitrogens with one attached hydrogen (secondary N) is 1. The molecular formula is C6H10Cl2N4. The Morgan fingerprint density at radius 1 is 1.42 bits per heavy atom. The van der Waals surface area contributed by atoms with E-state index in [9.17, 15) is 0 Å². The Hall–Kier alpha value is -1.00. The molecule has 12 heavy (non-hydrogen) atoms. The molecule has 0 atom stereocenters. The van der Waals surface area contributed by atoms with E-state index in [1.165, 1.54) is 0 Å². The number of pyridine rings is 1. The van der Waals surface area contributed by atoms with E-state index in [0.29, 0.717) is 11.4 Å². The summed E-state index contributed by atoms with van der Waals surface area (Å²) in [5.41, 5.74) is 11.4. The van der Waals surface area contributed by atoms with Gasteiger partial charge >= 0.3 is 0 Å². The van der Waals surface area contributed by atoms with Gasteiger partial charge in [-0.05, 0) is 12.1 Å². The number of anilines is 1. The number of rotatable bonds is 1. The van der Waals surface area contributed by atoms with Crippen LogP contribution in [0.15, 0.2) is 18.3 Å².